The maximum atomic E-state index is 11.4. The van der Waals surface area contributed by atoms with Crippen LogP contribution in [-0.2, 0) is 106 Å². The number of carbonyl (C=O) groups excluding carboxylic acids is 1. The van der Waals surface area contributed by atoms with Crippen LogP contribution < -0.4 is 37.9 Å². The minimum Gasteiger partial charge on any atom is -0.496 e. The van der Waals surface area contributed by atoms with Gasteiger partial charge in [0.15, 0.2) is 0 Å². The summed E-state index contributed by atoms with van der Waals surface area (Å²) in [5.74, 6) is 2.23. The highest BCUT2D eigenvalue weighted by atomic mass is 16.5. The van der Waals surface area contributed by atoms with Crippen molar-refractivity contribution in [1.29, 1.82) is 0 Å². The Morgan fingerprint density at radius 2 is 0.326 bits per heavy atom. The van der Waals surface area contributed by atoms with E-state index in [1.54, 1.807) is 310 Å². The van der Waals surface area contributed by atoms with Gasteiger partial charge in [-0.2, -0.15) is 0 Å². The first-order chi connectivity index (χ1) is 57.0. The van der Waals surface area contributed by atoms with Crippen molar-refractivity contribution in [3.63, 3.8) is 0 Å². The van der Waals surface area contributed by atoms with E-state index in [4.69, 9.17) is 37.9 Å². The second-order valence-corrected chi connectivity index (χ2v) is 42.4. The van der Waals surface area contributed by atoms with Gasteiger partial charge in [0.1, 0.15) is 46.0 Å². The summed E-state index contributed by atoms with van der Waals surface area (Å²) < 4.78 is 44.3. The first kappa shape index (κ1) is 120. The van der Waals surface area contributed by atoms with Crippen LogP contribution in [0, 0.1) is 0 Å². The second-order valence-electron chi connectivity index (χ2n) is 42.4. The summed E-state index contributed by atoms with van der Waals surface area (Å²) in [6.07, 6.45) is 0. The van der Waals surface area contributed by atoms with Gasteiger partial charge in [0.25, 0.3) is 0 Å². The van der Waals surface area contributed by atoms with E-state index < -0.39 is 107 Å². The fourth-order valence-corrected chi connectivity index (χ4v) is 13.8. The molecule has 0 amide bonds. The minimum absolute atomic E-state index is 0.125. The molecule has 6 rings (SSSR count). The summed E-state index contributed by atoms with van der Waals surface area (Å²) in [5.41, 5.74) is -12.2. The van der Waals surface area contributed by atoms with Gasteiger partial charge in [-0.05, 0) is 359 Å². The summed E-state index contributed by atoms with van der Waals surface area (Å²) in [6.45, 7) is 66.9. The van der Waals surface area contributed by atoms with E-state index in [9.17, 15) is 96.7 Å². The Hall–Kier alpha value is -7.33. The zero-order valence-corrected chi connectivity index (χ0v) is 86.1. The molecule has 0 saturated heterocycles. The Bertz CT molecular complexity index is 4180. The van der Waals surface area contributed by atoms with Gasteiger partial charge in [-0.15, -0.1) is 0 Å². The number of methoxy groups -OCH3 is 4. The van der Waals surface area contributed by atoms with E-state index in [1.807, 2.05) is 20.8 Å². The van der Waals surface area contributed by atoms with Crippen LogP contribution in [-0.4, -0.2) is 146 Å². The number of esters is 1. The van der Waals surface area contributed by atoms with Crippen molar-refractivity contribution in [3.05, 3.63) is 161 Å². The topological polar surface area (TPSA) is 455 Å². The molecule has 18 N–H and O–H groups in total. The molecule has 736 valence electrons. The standard InChI is InChI=1S/C18H30O6.C17H26O5.3C17H28O4.C16H26O4/c1-16(2,19)10-13(22-7)11(17(3,4)20)15(24-9)12(14(10)23-8)18(5,6)21;1-10(18)22-14-12(16(4,5)20)8-11(15(2,3)19)9-13(14)17(6,7)21;3*1-8-21-14-12(16(4,5)19)9-11(15(2,3)18)10-13(14)17(6,7)20;1-14(2,17)10-8-11(15(3,4)18)13(20-7)12(9-10)16(5,6)19/h19-21H,1-9H3;8-9,19-21H,1-7H3;3*9-10,18-20H,8H2,1-7H3;8-9,17-19H,1-7H3. The van der Waals surface area contributed by atoms with Crippen LogP contribution in [0.2, 0.25) is 0 Å². The largest absolute Gasteiger partial charge is 0.496 e. The Morgan fingerprint density at radius 1 is 0.202 bits per heavy atom. The molecule has 0 fully saturated rings. The zero-order chi connectivity index (χ0) is 102. The van der Waals surface area contributed by atoms with Crippen molar-refractivity contribution >= 4 is 5.97 Å². The molecule has 0 aliphatic heterocycles. The lowest BCUT2D eigenvalue weighted by Gasteiger charge is -2.35. The third-order valence-corrected chi connectivity index (χ3v) is 20.7. The number of carbonyl (C=O) groups is 1. The number of hydrogen-bond donors (Lipinski definition) is 18. The number of ether oxygens (including phenoxy) is 8. The second kappa shape index (κ2) is 42.1. The van der Waals surface area contributed by atoms with Crippen LogP contribution in [0.15, 0.2) is 60.7 Å². The van der Waals surface area contributed by atoms with Crippen molar-refractivity contribution in [2.45, 2.75) is 378 Å². The molecular weight excluding hydrogens is 1660 g/mol. The van der Waals surface area contributed by atoms with E-state index >= 15 is 0 Å². The monoisotopic (exact) mass is 1820 g/mol. The average molecular weight is 1820 g/mol. The summed E-state index contributed by atoms with van der Waals surface area (Å²) in [4.78, 5) is 11.4. The van der Waals surface area contributed by atoms with Gasteiger partial charge >= 0.3 is 5.97 Å². The Balaban J connectivity index is 0.000000775. The van der Waals surface area contributed by atoms with Gasteiger partial charge in [-0.1, -0.05) is 0 Å². The lowest BCUT2D eigenvalue weighted by Crippen LogP contribution is -2.28. The lowest BCUT2D eigenvalue weighted by molar-refractivity contribution is -0.132. The minimum atomic E-state index is -1.34. The Kier molecular flexibility index (Phi) is 39.0. The highest BCUT2D eigenvalue weighted by Gasteiger charge is 2.44. The molecule has 0 aliphatic rings. The van der Waals surface area contributed by atoms with E-state index in [1.165, 1.54) is 35.4 Å². The first-order valence-electron chi connectivity index (χ1n) is 43.5. The predicted molar refractivity (Wildman–Crippen MR) is 504 cm³/mol. The predicted octanol–water partition coefficient (Wildman–Crippen LogP) is 15.4. The molecule has 0 spiro atoms. The van der Waals surface area contributed by atoms with Crippen LogP contribution in [0.5, 0.6) is 46.0 Å². The van der Waals surface area contributed by atoms with Gasteiger partial charge in [0.2, 0.25) is 0 Å². The van der Waals surface area contributed by atoms with Crippen molar-refractivity contribution in [2.24, 2.45) is 0 Å². The third kappa shape index (κ3) is 33.4. The van der Waals surface area contributed by atoms with Gasteiger partial charge < -0.3 is 130 Å². The first-order valence-corrected chi connectivity index (χ1v) is 43.5. The van der Waals surface area contributed by atoms with E-state index in [-0.39, 0.29) is 23.0 Å². The molecule has 6 aromatic carbocycles. The molecular formula is C102H166O27. The fourth-order valence-electron chi connectivity index (χ4n) is 13.8. The smallest absolute Gasteiger partial charge is 0.308 e. The third-order valence-electron chi connectivity index (χ3n) is 20.7. The van der Waals surface area contributed by atoms with Crippen LogP contribution in [0.1, 0.15) is 377 Å². The van der Waals surface area contributed by atoms with Gasteiger partial charge in [0, 0.05) is 62.6 Å². The van der Waals surface area contributed by atoms with Crippen LogP contribution in [0.4, 0.5) is 0 Å². The average Bonchev–Trinajstić information content (AvgIpc) is 0.724. The van der Waals surface area contributed by atoms with E-state index in [0.717, 1.165) is 0 Å². The molecule has 0 bridgehead atoms. The number of benzene rings is 6. The van der Waals surface area contributed by atoms with Gasteiger partial charge in [-0.25, -0.2) is 0 Å². The molecule has 27 heteroatoms. The number of aliphatic hydroxyl groups is 18. The molecule has 27 nitrogen and oxygen atoms in total. The molecule has 0 atom stereocenters. The molecule has 129 heavy (non-hydrogen) atoms. The summed E-state index contributed by atoms with van der Waals surface area (Å²) in [6, 6.07) is 17.0. The quantitative estimate of drug-likeness (QED) is 0.0153. The van der Waals surface area contributed by atoms with Crippen molar-refractivity contribution in [2.75, 3.05) is 48.3 Å². The molecule has 0 aliphatic carbocycles. The van der Waals surface area contributed by atoms with Gasteiger partial charge in [-0.3, -0.25) is 4.79 Å². The maximum absolute atomic E-state index is 11.4. The number of rotatable bonds is 29. The Morgan fingerprint density at radius 3 is 0.419 bits per heavy atom. The van der Waals surface area contributed by atoms with Crippen LogP contribution >= 0.6 is 0 Å². The normalized spacial score (nSPS) is 13.3. The molecule has 0 unspecified atom stereocenters. The van der Waals surface area contributed by atoms with Crippen LogP contribution in [0.25, 0.3) is 0 Å². The molecule has 0 radical (unpaired) electrons. The lowest BCUT2D eigenvalue weighted by atomic mass is 9.81. The van der Waals surface area contributed by atoms with Gasteiger partial charge in [0.05, 0.1) is 166 Å². The van der Waals surface area contributed by atoms with Crippen molar-refractivity contribution in [1.82, 2.24) is 0 Å². The molecule has 6 aromatic rings. The van der Waals surface area contributed by atoms with Crippen LogP contribution in [0.3, 0.4) is 0 Å². The molecule has 0 aromatic heterocycles. The van der Waals surface area contributed by atoms with Crippen molar-refractivity contribution < 1.29 is 135 Å². The molecule has 0 saturated carbocycles. The highest BCUT2D eigenvalue weighted by Crippen LogP contribution is 2.55. The van der Waals surface area contributed by atoms with Crippen molar-refractivity contribution in [3.8, 4) is 46.0 Å². The Labute approximate surface area is 769 Å². The zero-order valence-electron chi connectivity index (χ0n) is 86.1. The maximum Gasteiger partial charge on any atom is 0.308 e. The van der Waals surface area contributed by atoms with E-state index in [0.29, 0.717) is 143 Å². The molecule has 0 heterocycles. The summed E-state index contributed by atoms with van der Waals surface area (Å²) in [7, 11) is 5.84. The SMILES string of the molecule is CC(=O)Oc1c(C(C)(C)O)cc(C(C)(C)O)cc1C(C)(C)O.CCOc1c(C(C)(C)O)cc(C(C)(C)O)cc1C(C)(C)O.CCOc1c(C(C)(C)O)cc(C(C)(C)O)cc1C(C)(C)O.CCOc1c(C(C)(C)O)cc(C(C)(C)O)cc1C(C)(C)O.COc1c(C(C)(C)O)c(OC)c(C(C)(C)O)c(OC)c1C(C)(C)O.COc1c(C(C)(C)O)cc(C(C)(C)O)cc1C(C)(C)O. The summed E-state index contributed by atoms with van der Waals surface area (Å²) in [5, 5.41) is 188. The fraction of sp³-hybridized carbons (Fsp3) is 0.637. The van der Waals surface area contributed by atoms with E-state index in [2.05, 4.69) is 0 Å². The highest BCUT2D eigenvalue weighted by molar-refractivity contribution is 5.72. The summed E-state index contributed by atoms with van der Waals surface area (Å²) >= 11 is 0. The number of hydrogen-bond acceptors (Lipinski definition) is 27.